The number of carbonyl (C=O) groups is 3. The van der Waals surface area contributed by atoms with Crippen molar-refractivity contribution in [3.8, 4) is 0 Å². The number of carboxylic acids is 2. The van der Waals surface area contributed by atoms with Gasteiger partial charge in [0, 0.05) is 20.1 Å². The molecule has 0 radical (unpaired) electrons. The van der Waals surface area contributed by atoms with Gasteiger partial charge in [0.15, 0.2) is 0 Å². The fourth-order valence-corrected chi connectivity index (χ4v) is 3.30. The van der Waals surface area contributed by atoms with Crippen LogP contribution >= 0.6 is 0 Å². The van der Waals surface area contributed by atoms with E-state index in [1.54, 1.807) is 6.92 Å². The van der Waals surface area contributed by atoms with Gasteiger partial charge in [-0.15, -0.1) is 0 Å². The first-order valence-electron chi connectivity index (χ1n) is 8.92. The molecule has 1 aromatic carbocycles. The maximum Gasteiger partial charge on any atom is 0.326 e. The van der Waals surface area contributed by atoms with Gasteiger partial charge in [-0.25, -0.2) is 4.79 Å². The molecule has 1 unspecified atom stereocenters. The Bertz CT molecular complexity index is 665. The zero-order valence-corrected chi connectivity index (χ0v) is 15.5. The maximum absolute atomic E-state index is 12.7. The summed E-state index contributed by atoms with van der Waals surface area (Å²) in [4.78, 5) is 37.0. The summed E-state index contributed by atoms with van der Waals surface area (Å²) in [6.07, 6.45) is 0.759. The summed E-state index contributed by atoms with van der Waals surface area (Å²) >= 11 is 0. The molecular weight excluding hydrogens is 352 g/mol. The number of aryl methyl sites for hydroxylation is 1. The van der Waals surface area contributed by atoms with E-state index in [-0.39, 0.29) is 19.1 Å². The second-order valence-corrected chi connectivity index (χ2v) is 6.74. The molecule has 1 aliphatic heterocycles. The summed E-state index contributed by atoms with van der Waals surface area (Å²) in [6.45, 7) is 1.74. The molecule has 4 atom stereocenters. The van der Waals surface area contributed by atoms with Gasteiger partial charge in [-0.05, 0) is 25.3 Å². The SMILES string of the molecule is CO[C@@H]1C[C@@H](C(=O)O)N(C(=O)[C@H](C)NC(CCc2ccccc2)C(=O)O)C1. The number of benzene rings is 1. The van der Waals surface area contributed by atoms with Gasteiger partial charge in [0.2, 0.25) is 5.91 Å². The molecule has 8 nitrogen and oxygen atoms in total. The van der Waals surface area contributed by atoms with Crippen LogP contribution in [0.3, 0.4) is 0 Å². The van der Waals surface area contributed by atoms with Gasteiger partial charge in [-0.3, -0.25) is 14.9 Å². The van der Waals surface area contributed by atoms with Gasteiger partial charge in [0.05, 0.1) is 12.1 Å². The van der Waals surface area contributed by atoms with Crippen molar-refractivity contribution in [2.45, 2.75) is 50.4 Å². The molecule has 2 rings (SSSR count). The van der Waals surface area contributed by atoms with Crippen LogP contribution in [0.2, 0.25) is 0 Å². The van der Waals surface area contributed by atoms with Crippen molar-refractivity contribution in [3.05, 3.63) is 35.9 Å². The fraction of sp³-hybridized carbons (Fsp3) is 0.526. The number of carboxylic acid groups (broad SMARTS) is 2. The van der Waals surface area contributed by atoms with Crippen LogP contribution in [0, 0.1) is 0 Å². The van der Waals surface area contributed by atoms with Crippen molar-refractivity contribution in [2.75, 3.05) is 13.7 Å². The number of carbonyl (C=O) groups excluding carboxylic acids is 1. The number of aliphatic carboxylic acids is 2. The first kappa shape index (κ1) is 20.9. The molecule has 1 fully saturated rings. The van der Waals surface area contributed by atoms with Gasteiger partial charge in [-0.2, -0.15) is 0 Å². The highest BCUT2D eigenvalue weighted by Crippen LogP contribution is 2.21. The van der Waals surface area contributed by atoms with E-state index >= 15 is 0 Å². The van der Waals surface area contributed by atoms with E-state index in [4.69, 9.17) is 4.74 Å². The predicted molar refractivity (Wildman–Crippen MR) is 97.3 cm³/mol. The second-order valence-electron chi connectivity index (χ2n) is 6.74. The van der Waals surface area contributed by atoms with E-state index < -0.39 is 36.0 Å². The van der Waals surface area contributed by atoms with E-state index in [1.807, 2.05) is 30.3 Å². The smallest absolute Gasteiger partial charge is 0.326 e. The summed E-state index contributed by atoms with van der Waals surface area (Å²) in [5.74, 6) is -2.57. The van der Waals surface area contributed by atoms with Crippen LogP contribution in [-0.2, 0) is 25.5 Å². The Kier molecular flexibility index (Phi) is 7.32. The summed E-state index contributed by atoms with van der Waals surface area (Å²) in [5, 5.41) is 21.6. The zero-order valence-electron chi connectivity index (χ0n) is 15.5. The Morgan fingerprint density at radius 2 is 1.93 bits per heavy atom. The molecule has 0 spiro atoms. The number of amides is 1. The van der Waals surface area contributed by atoms with Crippen molar-refractivity contribution in [1.29, 1.82) is 0 Å². The first-order valence-corrected chi connectivity index (χ1v) is 8.92. The molecule has 1 aliphatic rings. The number of ether oxygens (including phenoxy) is 1. The monoisotopic (exact) mass is 378 g/mol. The largest absolute Gasteiger partial charge is 0.480 e. The number of methoxy groups -OCH3 is 1. The Morgan fingerprint density at radius 3 is 2.48 bits per heavy atom. The lowest BCUT2D eigenvalue weighted by molar-refractivity contribution is -0.149. The molecule has 27 heavy (non-hydrogen) atoms. The minimum Gasteiger partial charge on any atom is -0.480 e. The van der Waals surface area contributed by atoms with Gasteiger partial charge in [0.25, 0.3) is 0 Å². The lowest BCUT2D eigenvalue weighted by Gasteiger charge is -2.27. The van der Waals surface area contributed by atoms with Crippen molar-refractivity contribution in [1.82, 2.24) is 10.2 Å². The quantitative estimate of drug-likeness (QED) is 0.581. The first-order chi connectivity index (χ1) is 12.8. The number of likely N-dealkylation sites (tertiary alicyclic amines) is 1. The van der Waals surface area contributed by atoms with Crippen molar-refractivity contribution < 1.29 is 29.3 Å². The Labute approximate surface area is 158 Å². The molecule has 0 saturated carbocycles. The standard InChI is InChI=1S/C19H26N2O6/c1-12(17(22)21-11-14(27-2)10-16(21)19(25)26)20-15(18(23)24)9-8-13-6-4-3-5-7-13/h3-7,12,14-16,20H,8-11H2,1-2H3,(H,23,24)(H,25,26)/t12-,14+,15?,16-/m0/s1. The van der Waals surface area contributed by atoms with Crippen molar-refractivity contribution in [3.63, 3.8) is 0 Å². The number of nitrogens with zero attached hydrogens (tertiary/aromatic N) is 1. The minimum absolute atomic E-state index is 0.181. The highest BCUT2D eigenvalue weighted by Gasteiger charge is 2.41. The number of rotatable bonds is 9. The molecule has 1 heterocycles. The summed E-state index contributed by atoms with van der Waals surface area (Å²) < 4.78 is 5.19. The molecular formula is C19H26N2O6. The third-order valence-corrected chi connectivity index (χ3v) is 4.85. The third-order valence-electron chi connectivity index (χ3n) is 4.85. The van der Waals surface area contributed by atoms with Crippen molar-refractivity contribution >= 4 is 17.8 Å². The Morgan fingerprint density at radius 1 is 1.26 bits per heavy atom. The van der Waals surface area contributed by atoms with Crippen LogP contribution in [0.15, 0.2) is 30.3 Å². The average molecular weight is 378 g/mol. The van der Waals surface area contributed by atoms with Crippen LogP contribution in [0.1, 0.15) is 25.3 Å². The molecule has 0 aliphatic carbocycles. The van der Waals surface area contributed by atoms with Crippen LogP contribution < -0.4 is 5.32 Å². The van der Waals surface area contributed by atoms with Crippen molar-refractivity contribution in [2.24, 2.45) is 0 Å². The molecule has 1 saturated heterocycles. The van der Waals surface area contributed by atoms with Crippen LogP contribution in [-0.4, -0.2) is 70.8 Å². The van der Waals surface area contributed by atoms with Gasteiger partial charge < -0.3 is 19.8 Å². The molecule has 0 bridgehead atoms. The van der Waals surface area contributed by atoms with E-state index in [1.165, 1.54) is 12.0 Å². The Hall–Kier alpha value is -2.45. The topological polar surface area (TPSA) is 116 Å². The normalized spacial score (nSPS) is 21.6. The summed E-state index contributed by atoms with van der Waals surface area (Å²) in [6, 6.07) is 6.80. The lowest BCUT2D eigenvalue weighted by Crippen LogP contribution is -2.53. The predicted octanol–water partition coefficient (Wildman–Crippen LogP) is 0.751. The molecule has 148 valence electrons. The number of hydrogen-bond donors (Lipinski definition) is 3. The van der Waals surface area contributed by atoms with Gasteiger partial charge >= 0.3 is 11.9 Å². The Balaban J connectivity index is 1.99. The van der Waals surface area contributed by atoms with E-state index in [9.17, 15) is 24.6 Å². The number of nitrogens with one attached hydrogen (secondary N) is 1. The lowest BCUT2D eigenvalue weighted by atomic mass is 10.0. The second kappa shape index (κ2) is 9.48. The molecule has 1 amide bonds. The van der Waals surface area contributed by atoms with Gasteiger partial charge in [-0.1, -0.05) is 30.3 Å². The molecule has 1 aromatic rings. The van der Waals surface area contributed by atoms with Crippen LogP contribution in [0.5, 0.6) is 0 Å². The highest BCUT2D eigenvalue weighted by atomic mass is 16.5. The molecule has 0 aromatic heterocycles. The fourth-order valence-electron chi connectivity index (χ4n) is 3.30. The average Bonchev–Trinajstić information content (AvgIpc) is 3.09. The highest BCUT2D eigenvalue weighted by molar-refractivity contribution is 5.88. The maximum atomic E-state index is 12.7. The number of hydrogen-bond acceptors (Lipinski definition) is 5. The summed E-state index contributed by atoms with van der Waals surface area (Å²) in [5.41, 5.74) is 1.01. The zero-order chi connectivity index (χ0) is 20.0. The van der Waals surface area contributed by atoms with Crippen LogP contribution in [0.25, 0.3) is 0 Å². The van der Waals surface area contributed by atoms with Crippen LogP contribution in [0.4, 0.5) is 0 Å². The minimum atomic E-state index is -1.09. The molecule has 8 heteroatoms. The summed E-state index contributed by atoms with van der Waals surface area (Å²) in [7, 11) is 1.48. The van der Waals surface area contributed by atoms with E-state index in [2.05, 4.69) is 5.32 Å². The third kappa shape index (κ3) is 5.51. The van der Waals surface area contributed by atoms with E-state index in [0.29, 0.717) is 12.8 Å². The van der Waals surface area contributed by atoms with Gasteiger partial charge in [0.1, 0.15) is 12.1 Å². The molecule has 3 N–H and O–H groups in total. The van der Waals surface area contributed by atoms with E-state index in [0.717, 1.165) is 5.56 Å².